The molecule has 0 aliphatic heterocycles. The lowest BCUT2D eigenvalue weighted by molar-refractivity contribution is 0.419. The summed E-state index contributed by atoms with van der Waals surface area (Å²) in [5.74, 6) is 0.297. The Bertz CT molecular complexity index is 296. The average Bonchev–Trinajstić information content (AvgIpc) is 1.98. The monoisotopic (exact) mass is 284 g/mol. The highest BCUT2D eigenvalue weighted by molar-refractivity contribution is 14.2. The minimum atomic E-state index is -0.374. The Balaban J connectivity index is 2.96. The van der Waals surface area contributed by atoms with Crippen molar-refractivity contribution in [3.63, 3.8) is 0 Å². The van der Waals surface area contributed by atoms with E-state index in [1.165, 1.54) is 6.07 Å². The highest BCUT2D eigenvalue weighted by Gasteiger charge is 1.99. The van der Waals surface area contributed by atoms with E-state index in [-0.39, 0.29) is 11.2 Å². The molecule has 0 aromatic carbocycles. The highest BCUT2D eigenvalue weighted by Crippen LogP contribution is 2.25. The fourth-order valence-corrected chi connectivity index (χ4v) is 2.05. The van der Waals surface area contributed by atoms with Crippen LogP contribution in [0.1, 0.15) is 5.76 Å². The number of hydrogen-bond acceptors (Lipinski definition) is 3. The molecule has 5 heteroatoms. The lowest BCUT2D eigenvalue weighted by atomic mass is 10.4. The summed E-state index contributed by atoms with van der Waals surface area (Å²) in [7, 11) is 0. The summed E-state index contributed by atoms with van der Waals surface area (Å²) in [6.45, 7) is 0. The molecule has 1 atom stereocenters. The molecule has 11 heavy (non-hydrogen) atoms. The zero-order chi connectivity index (χ0) is 8.27. The average molecular weight is 284 g/mol. The first-order valence-corrected chi connectivity index (χ1v) is 7.20. The number of aromatic hydroxyl groups is 1. The van der Waals surface area contributed by atoms with Gasteiger partial charge < -0.3 is 9.52 Å². The molecule has 0 aliphatic carbocycles. The van der Waals surface area contributed by atoms with E-state index in [0.717, 1.165) is 12.4 Å². The van der Waals surface area contributed by atoms with Gasteiger partial charge in [0.15, 0.2) is 5.75 Å². The Morgan fingerprint density at radius 2 is 2.45 bits per heavy atom. The van der Waals surface area contributed by atoms with Crippen LogP contribution in [0.5, 0.6) is 5.75 Å². The molecule has 0 amide bonds. The van der Waals surface area contributed by atoms with Gasteiger partial charge in [-0.2, -0.15) is 0 Å². The van der Waals surface area contributed by atoms with Crippen LogP contribution in [0.25, 0.3) is 0 Å². The molecule has 3 nitrogen and oxygen atoms in total. The van der Waals surface area contributed by atoms with Crippen molar-refractivity contribution < 1.29 is 9.52 Å². The SMILES string of the molecule is O=c1cc(CPI)occ1O. The second kappa shape index (κ2) is 4.07. The molecule has 0 saturated carbocycles. The zero-order valence-electron chi connectivity index (χ0n) is 5.50. The van der Waals surface area contributed by atoms with E-state index in [4.69, 9.17) is 9.52 Å². The van der Waals surface area contributed by atoms with Crippen LogP contribution in [0, 0.1) is 0 Å². The van der Waals surface area contributed by atoms with Crippen LogP contribution in [0.15, 0.2) is 21.5 Å². The molecule has 0 fully saturated rings. The molecular weight excluding hydrogens is 278 g/mol. The third-order valence-electron chi connectivity index (χ3n) is 1.11. The first-order valence-electron chi connectivity index (χ1n) is 2.88. The molecule has 60 valence electrons. The molecule has 1 N–H and O–H groups in total. The topological polar surface area (TPSA) is 50.4 Å². The summed E-state index contributed by atoms with van der Waals surface area (Å²) < 4.78 is 4.93. The Kier molecular flexibility index (Phi) is 3.33. The third-order valence-corrected chi connectivity index (χ3v) is 2.73. The summed E-state index contributed by atoms with van der Waals surface area (Å²) in [5.41, 5.74) is -0.374. The van der Waals surface area contributed by atoms with Gasteiger partial charge in [-0.25, -0.2) is 0 Å². The van der Waals surface area contributed by atoms with Gasteiger partial charge in [-0.05, 0) is 6.22 Å². The van der Waals surface area contributed by atoms with Crippen LogP contribution < -0.4 is 5.43 Å². The quantitative estimate of drug-likeness (QED) is 0.666. The molecule has 0 radical (unpaired) electrons. The van der Waals surface area contributed by atoms with Crippen LogP contribution >= 0.6 is 28.3 Å². The minimum absolute atomic E-state index is 0.328. The molecule has 0 aliphatic rings. The standard InChI is InChI=1S/C6H6IO3P/c7-11-3-4-1-5(8)6(9)2-10-4/h1-2,9,11H,3H2. The van der Waals surface area contributed by atoms with Gasteiger partial charge in [-0.15, -0.1) is 0 Å². The van der Waals surface area contributed by atoms with Gasteiger partial charge in [0.2, 0.25) is 5.43 Å². The van der Waals surface area contributed by atoms with Crippen LogP contribution in [0.2, 0.25) is 0 Å². The largest absolute Gasteiger partial charge is 0.502 e. The van der Waals surface area contributed by atoms with E-state index in [0.29, 0.717) is 12.0 Å². The number of halogens is 1. The van der Waals surface area contributed by atoms with Crippen molar-refractivity contribution in [2.75, 3.05) is 0 Å². The van der Waals surface area contributed by atoms with Gasteiger partial charge in [0.25, 0.3) is 0 Å². The predicted octanol–water partition coefficient (Wildman–Crippen LogP) is 1.87. The predicted molar refractivity (Wildman–Crippen MR) is 52.7 cm³/mol. The van der Waals surface area contributed by atoms with Crippen molar-refractivity contribution in [1.82, 2.24) is 0 Å². The van der Waals surface area contributed by atoms with E-state index >= 15 is 0 Å². The van der Waals surface area contributed by atoms with E-state index < -0.39 is 0 Å². The fraction of sp³-hybridized carbons (Fsp3) is 0.167. The molecule has 0 saturated heterocycles. The molecule has 0 spiro atoms. The number of rotatable bonds is 2. The molecular formula is C6H6IO3P. The maximum Gasteiger partial charge on any atom is 0.226 e. The Morgan fingerprint density at radius 3 is 3.00 bits per heavy atom. The maximum atomic E-state index is 10.8. The fourth-order valence-electron chi connectivity index (χ4n) is 0.602. The highest BCUT2D eigenvalue weighted by atomic mass is 127. The van der Waals surface area contributed by atoms with Gasteiger partial charge in [0.1, 0.15) is 12.0 Å². The summed E-state index contributed by atoms with van der Waals surface area (Å²) in [4.78, 5) is 10.8. The lowest BCUT2D eigenvalue weighted by Crippen LogP contribution is -1.98. The van der Waals surface area contributed by atoms with Gasteiger partial charge in [-0.1, -0.05) is 22.0 Å². The Hall–Kier alpha value is -0.0900. The summed E-state index contributed by atoms with van der Waals surface area (Å²) in [5, 5.41) is 8.81. The molecule has 1 unspecified atom stereocenters. The molecule has 1 rings (SSSR count). The van der Waals surface area contributed by atoms with Gasteiger partial charge in [0, 0.05) is 12.2 Å². The molecule has 0 bridgehead atoms. The summed E-state index contributed by atoms with van der Waals surface area (Å²) in [6.07, 6.45) is 2.51. The Labute approximate surface area is 78.1 Å². The lowest BCUT2D eigenvalue weighted by Gasteiger charge is -1.94. The summed E-state index contributed by atoms with van der Waals surface area (Å²) in [6, 6.07) is 1.32. The number of hydrogen-bond donors (Lipinski definition) is 1. The molecule has 1 aromatic rings. The second-order valence-electron chi connectivity index (χ2n) is 1.91. The van der Waals surface area contributed by atoms with Crippen LogP contribution in [-0.2, 0) is 6.16 Å². The van der Waals surface area contributed by atoms with Crippen molar-refractivity contribution in [3.8, 4) is 5.75 Å². The molecule has 1 heterocycles. The van der Waals surface area contributed by atoms with Crippen molar-refractivity contribution >= 4 is 28.3 Å². The van der Waals surface area contributed by atoms with E-state index in [2.05, 4.69) is 22.0 Å². The third kappa shape index (κ3) is 2.45. The second-order valence-corrected chi connectivity index (χ2v) is 4.82. The van der Waals surface area contributed by atoms with Crippen molar-refractivity contribution in [1.29, 1.82) is 0 Å². The first kappa shape index (κ1) is 9.00. The van der Waals surface area contributed by atoms with Crippen LogP contribution in [-0.4, -0.2) is 5.11 Å². The normalized spacial score (nSPS) is 11.0. The van der Waals surface area contributed by atoms with Crippen molar-refractivity contribution in [2.45, 2.75) is 6.16 Å². The van der Waals surface area contributed by atoms with Gasteiger partial charge in [-0.3, -0.25) is 4.79 Å². The van der Waals surface area contributed by atoms with Gasteiger partial charge in [0.05, 0.1) is 0 Å². The van der Waals surface area contributed by atoms with Crippen molar-refractivity contribution in [2.24, 2.45) is 0 Å². The van der Waals surface area contributed by atoms with Crippen molar-refractivity contribution in [3.05, 3.63) is 28.3 Å². The Morgan fingerprint density at radius 1 is 1.73 bits per heavy atom. The minimum Gasteiger partial charge on any atom is -0.502 e. The van der Waals surface area contributed by atoms with E-state index in [9.17, 15) is 4.79 Å². The first-order chi connectivity index (χ1) is 5.24. The van der Waals surface area contributed by atoms with Crippen LogP contribution in [0.3, 0.4) is 0 Å². The van der Waals surface area contributed by atoms with E-state index in [1.807, 2.05) is 0 Å². The molecule has 1 aromatic heterocycles. The summed E-state index contributed by atoms with van der Waals surface area (Å²) >= 11 is 2.21. The zero-order valence-corrected chi connectivity index (χ0v) is 8.66. The smallest absolute Gasteiger partial charge is 0.226 e. The van der Waals surface area contributed by atoms with Gasteiger partial charge >= 0.3 is 0 Å². The van der Waals surface area contributed by atoms with E-state index in [1.54, 1.807) is 0 Å². The van der Waals surface area contributed by atoms with Crippen LogP contribution in [0.4, 0.5) is 0 Å². The maximum absolute atomic E-state index is 10.8.